The number of carbonyl (C=O) groups excluding carboxylic acids is 1. The summed E-state index contributed by atoms with van der Waals surface area (Å²) < 4.78 is 22.1. The number of carbonyl (C=O) groups is 1. The van der Waals surface area contributed by atoms with Crippen molar-refractivity contribution >= 4 is 5.91 Å². The lowest BCUT2D eigenvalue weighted by molar-refractivity contribution is -0.140. The Kier molecular flexibility index (Phi) is 3.45. The lowest BCUT2D eigenvalue weighted by Crippen LogP contribution is -2.54. The molecule has 1 unspecified atom stereocenters. The van der Waals surface area contributed by atoms with Gasteiger partial charge in [-0.3, -0.25) is 4.79 Å². The van der Waals surface area contributed by atoms with E-state index in [1.165, 1.54) is 0 Å². The molecule has 0 aliphatic carbocycles. The van der Waals surface area contributed by atoms with Crippen LogP contribution >= 0.6 is 0 Å². The number of hydrogen-bond donors (Lipinski definition) is 1. The van der Waals surface area contributed by atoms with Gasteiger partial charge in [-0.25, -0.2) is 0 Å². The second-order valence-corrected chi connectivity index (χ2v) is 5.94. The molecule has 6 nitrogen and oxygen atoms in total. The minimum absolute atomic E-state index is 0.164. The molecule has 2 aliphatic rings. The molecule has 0 saturated heterocycles. The van der Waals surface area contributed by atoms with Crippen LogP contribution in [0.4, 0.5) is 0 Å². The van der Waals surface area contributed by atoms with Gasteiger partial charge in [0.05, 0.1) is 0 Å². The highest BCUT2D eigenvalue weighted by Crippen LogP contribution is 2.35. The Hall–Kier alpha value is -2.89. The fourth-order valence-electron chi connectivity index (χ4n) is 2.67. The van der Waals surface area contributed by atoms with Crippen LogP contribution in [-0.2, 0) is 11.3 Å². The van der Waals surface area contributed by atoms with E-state index in [0.717, 1.165) is 11.3 Å². The summed E-state index contributed by atoms with van der Waals surface area (Å²) in [4.78, 5) is 12.6. The summed E-state index contributed by atoms with van der Waals surface area (Å²) in [6.45, 7) is 2.48. The number of hydrogen-bond acceptors (Lipinski definition) is 5. The van der Waals surface area contributed by atoms with E-state index >= 15 is 0 Å². The molecule has 0 spiro atoms. The second-order valence-electron chi connectivity index (χ2n) is 5.94. The molecule has 124 valence electrons. The van der Waals surface area contributed by atoms with E-state index in [4.69, 9.17) is 18.9 Å². The molecule has 0 aromatic heterocycles. The molecule has 2 heterocycles. The summed E-state index contributed by atoms with van der Waals surface area (Å²) in [6.07, 6.45) is 0. The Morgan fingerprint density at radius 1 is 1.04 bits per heavy atom. The van der Waals surface area contributed by atoms with Crippen LogP contribution in [-0.4, -0.2) is 24.9 Å². The van der Waals surface area contributed by atoms with Gasteiger partial charge in [0.1, 0.15) is 6.61 Å². The van der Waals surface area contributed by atoms with Crippen molar-refractivity contribution in [2.45, 2.75) is 19.1 Å². The fraction of sp³-hybridized carbons (Fsp3) is 0.278. The first kappa shape index (κ1) is 14.7. The van der Waals surface area contributed by atoms with E-state index in [2.05, 4.69) is 5.32 Å². The number of amides is 1. The van der Waals surface area contributed by atoms with Gasteiger partial charge in [-0.1, -0.05) is 18.2 Å². The molecular weight excluding hydrogens is 310 g/mol. The summed E-state index contributed by atoms with van der Waals surface area (Å²) >= 11 is 0. The van der Waals surface area contributed by atoms with Gasteiger partial charge in [-0.2, -0.15) is 0 Å². The van der Waals surface area contributed by atoms with E-state index in [9.17, 15) is 4.79 Å². The maximum atomic E-state index is 12.6. The predicted octanol–water partition coefficient (Wildman–Crippen LogP) is 2.26. The van der Waals surface area contributed by atoms with Crippen molar-refractivity contribution in [1.29, 1.82) is 0 Å². The van der Waals surface area contributed by atoms with Gasteiger partial charge in [0.25, 0.3) is 5.91 Å². The highest BCUT2D eigenvalue weighted by Gasteiger charge is 2.40. The molecule has 0 radical (unpaired) electrons. The summed E-state index contributed by atoms with van der Waals surface area (Å²) in [5.41, 5.74) is -0.140. The molecule has 2 aliphatic heterocycles. The molecule has 1 N–H and O–H groups in total. The van der Waals surface area contributed by atoms with Gasteiger partial charge in [0.15, 0.2) is 23.0 Å². The van der Waals surface area contributed by atoms with Crippen LogP contribution in [0.15, 0.2) is 42.5 Å². The quantitative estimate of drug-likeness (QED) is 0.937. The van der Waals surface area contributed by atoms with Crippen molar-refractivity contribution in [2.24, 2.45) is 0 Å². The van der Waals surface area contributed by atoms with Crippen molar-refractivity contribution < 1.29 is 23.7 Å². The minimum atomic E-state index is -1.06. The van der Waals surface area contributed by atoms with Crippen LogP contribution in [0.5, 0.6) is 23.0 Å². The molecule has 0 saturated carbocycles. The summed E-state index contributed by atoms with van der Waals surface area (Å²) in [6, 6.07) is 12.9. The van der Waals surface area contributed by atoms with Crippen molar-refractivity contribution in [3.63, 3.8) is 0 Å². The average Bonchev–Trinajstić information content (AvgIpc) is 3.07. The first-order valence-corrected chi connectivity index (χ1v) is 7.72. The minimum Gasteiger partial charge on any atom is -0.485 e. The molecule has 24 heavy (non-hydrogen) atoms. The van der Waals surface area contributed by atoms with Gasteiger partial charge in [0, 0.05) is 6.54 Å². The fourth-order valence-corrected chi connectivity index (χ4v) is 2.67. The Morgan fingerprint density at radius 2 is 1.79 bits per heavy atom. The zero-order valence-electron chi connectivity index (χ0n) is 13.2. The Balaban J connectivity index is 1.43. The average molecular weight is 327 g/mol. The van der Waals surface area contributed by atoms with Gasteiger partial charge >= 0.3 is 0 Å². The standard InChI is InChI=1S/C18H17NO5/c1-18(10-21-13-4-2-3-5-15(13)24-18)17(20)19-9-12-6-7-14-16(8-12)23-11-22-14/h2-8H,9-11H2,1H3,(H,19,20). The van der Waals surface area contributed by atoms with E-state index in [1.807, 2.05) is 36.4 Å². The Labute approximate surface area is 139 Å². The largest absolute Gasteiger partial charge is 0.485 e. The Morgan fingerprint density at radius 3 is 2.67 bits per heavy atom. The lowest BCUT2D eigenvalue weighted by Gasteiger charge is -2.34. The highest BCUT2D eigenvalue weighted by molar-refractivity contribution is 5.85. The first-order valence-electron chi connectivity index (χ1n) is 7.72. The smallest absolute Gasteiger partial charge is 0.267 e. The second kappa shape index (κ2) is 5.63. The number of fused-ring (bicyclic) bond motifs is 2. The first-order chi connectivity index (χ1) is 11.6. The molecule has 1 atom stereocenters. The predicted molar refractivity (Wildman–Crippen MR) is 85.4 cm³/mol. The van der Waals surface area contributed by atoms with E-state index in [0.29, 0.717) is 23.8 Å². The van der Waals surface area contributed by atoms with E-state index in [1.54, 1.807) is 13.0 Å². The molecule has 1 amide bonds. The number of benzene rings is 2. The highest BCUT2D eigenvalue weighted by atomic mass is 16.7. The number of rotatable bonds is 3. The van der Waals surface area contributed by atoms with Gasteiger partial charge in [-0.05, 0) is 36.8 Å². The van der Waals surface area contributed by atoms with Crippen molar-refractivity contribution in [3.05, 3.63) is 48.0 Å². The van der Waals surface area contributed by atoms with Gasteiger partial charge in [0.2, 0.25) is 12.4 Å². The molecule has 4 rings (SSSR count). The maximum absolute atomic E-state index is 12.6. The number of nitrogens with one attached hydrogen (secondary N) is 1. The Bertz CT molecular complexity index is 791. The molecular formula is C18H17NO5. The number of para-hydroxylation sites is 2. The summed E-state index contributed by atoms with van der Waals surface area (Å²) in [7, 11) is 0. The summed E-state index contributed by atoms with van der Waals surface area (Å²) in [5, 5.41) is 2.89. The van der Waals surface area contributed by atoms with Crippen LogP contribution in [0.2, 0.25) is 0 Å². The van der Waals surface area contributed by atoms with Crippen LogP contribution in [0, 0.1) is 0 Å². The number of ether oxygens (including phenoxy) is 4. The van der Waals surface area contributed by atoms with Crippen LogP contribution in [0.1, 0.15) is 12.5 Å². The third-order valence-corrected chi connectivity index (χ3v) is 4.06. The van der Waals surface area contributed by atoms with E-state index in [-0.39, 0.29) is 19.3 Å². The molecule has 0 bridgehead atoms. The zero-order chi connectivity index (χ0) is 16.6. The van der Waals surface area contributed by atoms with Crippen LogP contribution in [0.3, 0.4) is 0 Å². The molecule has 2 aromatic carbocycles. The van der Waals surface area contributed by atoms with E-state index < -0.39 is 5.60 Å². The van der Waals surface area contributed by atoms with Crippen LogP contribution in [0.25, 0.3) is 0 Å². The lowest BCUT2D eigenvalue weighted by atomic mass is 10.1. The summed E-state index contributed by atoms with van der Waals surface area (Å²) in [5.74, 6) is 2.41. The van der Waals surface area contributed by atoms with Crippen molar-refractivity contribution in [3.8, 4) is 23.0 Å². The topological polar surface area (TPSA) is 66.0 Å². The molecule has 0 fully saturated rings. The monoisotopic (exact) mass is 327 g/mol. The maximum Gasteiger partial charge on any atom is 0.267 e. The normalized spacial score (nSPS) is 20.5. The third kappa shape index (κ3) is 2.60. The van der Waals surface area contributed by atoms with Crippen molar-refractivity contribution in [1.82, 2.24) is 5.32 Å². The van der Waals surface area contributed by atoms with Crippen LogP contribution < -0.4 is 24.3 Å². The third-order valence-electron chi connectivity index (χ3n) is 4.06. The molecule has 2 aromatic rings. The van der Waals surface area contributed by atoms with Gasteiger partial charge in [-0.15, -0.1) is 0 Å². The zero-order valence-corrected chi connectivity index (χ0v) is 13.2. The molecule has 6 heteroatoms. The van der Waals surface area contributed by atoms with Crippen molar-refractivity contribution in [2.75, 3.05) is 13.4 Å². The van der Waals surface area contributed by atoms with Gasteiger partial charge < -0.3 is 24.3 Å². The SMILES string of the molecule is CC1(C(=O)NCc2ccc3c(c2)OCO3)COc2ccccc2O1.